The van der Waals surface area contributed by atoms with Crippen molar-refractivity contribution in [2.45, 2.75) is 30.1 Å². The molecule has 6 nitrogen and oxygen atoms in total. The van der Waals surface area contributed by atoms with Gasteiger partial charge in [0.05, 0.1) is 36.4 Å². The molecule has 0 saturated carbocycles. The van der Waals surface area contributed by atoms with Gasteiger partial charge in [-0.2, -0.15) is 0 Å². The maximum Gasteiger partial charge on any atom is 0.233 e. The molecule has 0 bridgehead atoms. The minimum atomic E-state index is -0.00238. The SMILES string of the molecule is O=C(CSc1ccc(Cl)cc1)N1CC[C@H]2[C@H](C1)OCc1cnnn12. The van der Waals surface area contributed by atoms with Gasteiger partial charge >= 0.3 is 0 Å². The summed E-state index contributed by atoms with van der Waals surface area (Å²) in [7, 11) is 0. The van der Waals surface area contributed by atoms with E-state index in [-0.39, 0.29) is 18.1 Å². The number of benzene rings is 1. The third kappa shape index (κ3) is 3.16. The molecule has 1 fully saturated rings. The largest absolute Gasteiger partial charge is 0.368 e. The summed E-state index contributed by atoms with van der Waals surface area (Å²) in [6.07, 6.45) is 2.59. The van der Waals surface area contributed by atoms with Crippen molar-refractivity contribution >= 4 is 29.3 Å². The molecule has 0 aliphatic carbocycles. The van der Waals surface area contributed by atoms with Crippen LogP contribution in [0.25, 0.3) is 0 Å². The van der Waals surface area contributed by atoms with Gasteiger partial charge in [-0.3, -0.25) is 4.79 Å². The van der Waals surface area contributed by atoms with E-state index in [2.05, 4.69) is 10.3 Å². The molecule has 0 spiro atoms. The van der Waals surface area contributed by atoms with E-state index < -0.39 is 0 Å². The van der Waals surface area contributed by atoms with Gasteiger partial charge in [0, 0.05) is 23.0 Å². The van der Waals surface area contributed by atoms with Crippen LogP contribution in [0.5, 0.6) is 0 Å². The zero-order valence-corrected chi connectivity index (χ0v) is 14.5. The van der Waals surface area contributed by atoms with Crippen LogP contribution in [-0.2, 0) is 16.1 Å². The lowest BCUT2D eigenvalue weighted by Gasteiger charge is -2.40. The molecule has 2 atom stereocenters. The summed E-state index contributed by atoms with van der Waals surface area (Å²) in [5.41, 5.74) is 1.01. The molecule has 0 N–H and O–H groups in total. The number of amides is 1. The number of hydrogen-bond acceptors (Lipinski definition) is 5. The summed E-state index contributed by atoms with van der Waals surface area (Å²) in [5.74, 6) is 0.564. The number of rotatable bonds is 3. The van der Waals surface area contributed by atoms with E-state index in [9.17, 15) is 4.79 Å². The normalized spacial score (nSPS) is 22.8. The maximum atomic E-state index is 12.5. The monoisotopic (exact) mass is 364 g/mol. The van der Waals surface area contributed by atoms with Gasteiger partial charge in [-0.25, -0.2) is 4.68 Å². The van der Waals surface area contributed by atoms with Crippen LogP contribution >= 0.6 is 23.4 Å². The number of aromatic nitrogens is 3. The quantitative estimate of drug-likeness (QED) is 0.783. The smallest absolute Gasteiger partial charge is 0.233 e. The lowest BCUT2D eigenvalue weighted by Crippen LogP contribution is -2.50. The van der Waals surface area contributed by atoms with Crippen molar-refractivity contribution in [3.05, 3.63) is 41.2 Å². The number of thioether (sulfide) groups is 1. The molecule has 2 aliphatic heterocycles. The highest BCUT2D eigenvalue weighted by molar-refractivity contribution is 8.00. The molecule has 0 radical (unpaired) electrons. The second-order valence-corrected chi connectivity index (χ2v) is 7.44. The van der Waals surface area contributed by atoms with E-state index in [1.165, 1.54) is 11.8 Å². The summed E-state index contributed by atoms with van der Waals surface area (Å²) >= 11 is 7.41. The molecular weight excluding hydrogens is 348 g/mol. The second-order valence-electron chi connectivity index (χ2n) is 5.96. The van der Waals surface area contributed by atoms with E-state index in [4.69, 9.17) is 16.3 Å². The highest BCUT2D eigenvalue weighted by Crippen LogP contribution is 2.31. The average molecular weight is 365 g/mol. The first-order chi connectivity index (χ1) is 11.7. The third-order valence-electron chi connectivity index (χ3n) is 4.46. The van der Waals surface area contributed by atoms with Crippen molar-refractivity contribution < 1.29 is 9.53 Å². The second kappa shape index (κ2) is 6.74. The highest BCUT2D eigenvalue weighted by atomic mass is 35.5. The van der Waals surface area contributed by atoms with Crippen LogP contribution in [0.2, 0.25) is 5.02 Å². The first-order valence-electron chi connectivity index (χ1n) is 7.87. The van der Waals surface area contributed by atoms with Crippen LogP contribution in [0, 0.1) is 0 Å². The minimum Gasteiger partial charge on any atom is -0.368 e. The van der Waals surface area contributed by atoms with Crippen molar-refractivity contribution in [3.8, 4) is 0 Å². The lowest BCUT2D eigenvalue weighted by atomic mass is 10.0. The number of carbonyl (C=O) groups excluding carboxylic acids is 1. The fourth-order valence-electron chi connectivity index (χ4n) is 3.18. The molecule has 2 aromatic rings. The molecule has 126 valence electrons. The fraction of sp³-hybridized carbons (Fsp3) is 0.438. The molecule has 1 amide bonds. The molecule has 24 heavy (non-hydrogen) atoms. The predicted molar refractivity (Wildman–Crippen MR) is 91.0 cm³/mol. The van der Waals surface area contributed by atoms with Crippen LogP contribution < -0.4 is 0 Å². The van der Waals surface area contributed by atoms with Crippen LogP contribution in [0.1, 0.15) is 18.2 Å². The van der Waals surface area contributed by atoms with Crippen LogP contribution in [0.4, 0.5) is 0 Å². The summed E-state index contributed by atoms with van der Waals surface area (Å²) < 4.78 is 7.86. The number of hydrogen-bond donors (Lipinski definition) is 0. The Kier molecular flexibility index (Phi) is 4.47. The van der Waals surface area contributed by atoms with E-state index in [0.717, 1.165) is 23.6 Å². The lowest BCUT2D eigenvalue weighted by molar-refractivity contribution is -0.136. The molecule has 1 saturated heterocycles. The minimum absolute atomic E-state index is 0.00238. The van der Waals surface area contributed by atoms with Gasteiger partial charge < -0.3 is 9.64 Å². The van der Waals surface area contributed by atoms with Crippen LogP contribution in [-0.4, -0.2) is 50.7 Å². The van der Waals surface area contributed by atoms with Gasteiger partial charge in [0.25, 0.3) is 0 Å². The summed E-state index contributed by atoms with van der Waals surface area (Å²) in [6, 6.07) is 7.73. The first kappa shape index (κ1) is 15.9. The molecule has 1 aromatic carbocycles. The van der Waals surface area contributed by atoms with Gasteiger partial charge in [-0.15, -0.1) is 16.9 Å². The predicted octanol–water partition coefficient (Wildman–Crippen LogP) is 2.40. The van der Waals surface area contributed by atoms with Gasteiger partial charge in [0.15, 0.2) is 0 Å². The number of piperidine rings is 1. The zero-order valence-electron chi connectivity index (χ0n) is 13.0. The Balaban J connectivity index is 1.35. The Bertz CT molecular complexity index is 736. The van der Waals surface area contributed by atoms with Crippen LogP contribution in [0.3, 0.4) is 0 Å². The van der Waals surface area contributed by atoms with E-state index >= 15 is 0 Å². The fourth-order valence-corrected chi connectivity index (χ4v) is 4.11. The Hall–Kier alpha value is -1.57. The number of halogens is 1. The van der Waals surface area contributed by atoms with Gasteiger partial charge in [0.2, 0.25) is 5.91 Å². The molecule has 1 aromatic heterocycles. The number of fused-ring (bicyclic) bond motifs is 3. The number of nitrogens with zero attached hydrogens (tertiary/aromatic N) is 4. The average Bonchev–Trinajstić information content (AvgIpc) is 3.09. The van der Waals surface area contributed by atoms with Crippen molar-refractivity contribution in [3.63, 3.8) is 0 Å². The third-order valence-corrected chi connectivity index (χ3v) is 5.71. The van der Waals surface area contributed by atoms with Crippen molar-refractivity contribution in [2.75, 3.05) is 18.8 Å². The van der Waals surface area contributed by atoms with E-state index in [1.54, 1.807) is 6.20 Å². The Morgan fingerprint density at radius 2 is 2.21 bits per heavy atom. The van der Waals surface area contributed by atoms with E-state index in [0.29, 0.717) is 23.9 Å². The van der Waals surface area contributed by atoms with Crippen molar-refractivity contribution in [2.24, 2.45) is 0 Å². The molecule has 3 heterocycles. The van der Waals surface area contributed by atoms with Crippen molar-refractivity contribution in [1.82, 2.24) is 19.9 Å². The molecule has 4 rings (SSSR count). The standard InChI is InChI=1S/C16H17ClN4O2S/c17-11-1-3-13(4-2-11)24-10-16(22)20-6-5-14-15(8-20)23-9-12-7-18-19-21(12)14/h1-4,7,14-15H,5-6,8-10H2/t14-,15-/m0/s1. The molecule has 2 aliphatic rings. The van der Waals surface area contributed by atoms with Gasteiger partial charge in [0.1, 0.15) is 0 Å². The summed E-state index contributed by atoms with van der Waals surface area (Å²) in [6.45, 7) is 1.85. The maximum absolute atomic E-state index is 12.5. The van der Waals surface area contributed by atoms with Gasteiger partial charge in [-0.05, 0) is 30.7 Å². The number of carbonyl (C=O) groups is 1. The molecule has 8 heteroatoms. The first-order valence-corrected chi connectivity index (χ1v) is 9.24. The summed E-state index contributed by atoms with van der Waals surface area (Å²) in [4.78, 5) is 15.4. The summed E-state index contributed by atoms with van der Waals surface area (Å²) in [5, 5.41) is 8.82. The number of ether oxygens (including phenoxy) is 1. The Morgan fingerprint density at radius 1 is 1.38 bits per heavy atom. The Labute approximate surface area is 149 Å². The van der Waals surface area contributed by atoms with Gasteiger partial charge in [-0.1, -0.05) is 16.8 Å². The van der Waals surface area contributed by atoms with E-state index in [1.807, 2.05) is 33.8 Å². The zero-order chi connectivity index (χ0) is 16.5. The van der Waals surface area contributed by atoms with Crippen molar-refractivity contribution in [1.29, 1.82) is 0 Å². The van der Waals surface area contributed by atoms with Crippen LogP contribution in [0.15, 0.2) is 35.4 Å². The highest BCUT2D eigenvalue weighted by Gasteiger charge is 2.37. The molecular formula is C16H17ClN4O2S. The number of likely N-dealkylation sites (tertiary alicyclic amines) is 1. The molecule has 0 unspecified atom stereocenters. The Morgan fingerprint density at radius 3 is 3.04 bits per heavy atom. The topological polar surface area (TPSA) is 60.3 Å².